The number of carbonyl (C=O) groups is 2. The molecule has 0 unspecified atom stereocenters. The Hall–Kier alpha value is -0.450. The molecule has 1 amide bonds. The lowest BCUT2D eigenvalue weighted by molar-refractivity contribution is 0.0698. The molecule has 2 aromatic rings. The number of hydrogen-bond donors (Lipinski definition) is 2. The maximum Gasteiger partial charge on any atom is 0.337 e. The fourth-order valence-corrected chi connectivity index (χ4v) is 3.87. The van der Waals surface area contributed by atoms with E-state index in [0.717, 1.165) is 11.8 Å². The Morgan fingerprint density at radius 3 is 2.50 bits per heavy atom. The van der Waals surface area contributed by atoms with Crippen molar-refractivity contribution in [2.24, 2.45) is 0 Å². The van der Waals surface area contributed by atoms with Crippen molar-refractivity contribution in [2.75, 3.05) is 5.32 Å². The van der Waals surface area contributed by atoms with E-state index in [1.54, 1.807) is 18.2 Å². The first kappa shape index (κ1) is 15.9. The molecule has 0 spiro atoms. The maximum atomic E-state index is 12.1. The van der Waals surface area contributed by atoms with Gasteiger partial charge in [-0.1, -0.05) is 0 Å². The highest BCUT2D eigenvalue weighted by Gasteiger charge is 2.16. The van der Waals surface area contributed by atoms with Gasteiger partial charge in [-0.2, -0.15) is 0 Å². The number of anilines is 1. The van der Waals surface area contributed by atoms with Gasteiger partial charge in [0.1, 0.15) is 0 Å². The number of carboxylic acids is 1. The fourth-order valence-electron chi connectivity index (χ4n) is 1.44. The van der Waals surface area contributed by atoms with E-state index in [0.29, 0.717) is 4.88 Å². The first-order chi connectivity index (χ1) is 9.38. The molecular weight excluding hydrogens is 525 g/mol. The van der Waals surface area contributed by atoms with Gasteiger partial charge in [0.2, 0.25) is 0 Å². The molecule has 1 aromatic heterocycles. The summed E-state index contributed by atoms with van der Waals surface area (Å²) in [5.74, 6) is -1.42. The number of nitrogens with one attached hydrogen (secondary N) is 1. The maximum absolute atomic E-state index is 12.1. The topological polar surface area (TPSA) is 66.4 Å². The second-order valence-corrected chi connectivity index (χ2v) is 8.15. The van der Waals surface area contributed by atoms with E-state index in [2.05, 4.69) is 37.2 Å². The molecule has 0 saturated heterocycles. The molecule has 2 rings (SSSR count). The number of rotatable bonds is 3. The highest BCUT2D eigenvalue weighted by Crippen LogP contribution is 2.33. The van der Waals surface area contributed by atoms with Crippen LogP contribution in [0.15, 0.2) is 32.5 Å². The molecular formula is C12H6Br2INO3S. The van der Waals surface area contributed by atoms with Crippen molar-refractivity contribution < 1.29 is 14.7 Å². The van der Waals surface area contributed by atoms with Crippen LogP contribution in [0.3, 0.4) is 0 Å². The van der Waals surface area contributed by atoms with Crippen LogP contribution in [0.1, 0.15) is 20.0 Å². The molecule has 4 nitrogen and oxygen atoms in total. The van der Waals surface area contributed by atoms with Gasteiger partial charge in [0, 0.05) is 8.04 Å². The second-order valence-electron chi connectivity index (χ2n) is 3.68. The minimum atomic E-state index is -1.08. The van der Waals surface area contributed by atoms with Crippen molar-refractivity contribution in [2.45, 2.75) is 0 Å². The summed E-state index contributed by atoms with van der Waals surface area (Å²) in [4.78, 5) is 23.8. The van der Waals surface area contributed by atoms with Gasteiger partial charge in [-0.25, -0.2) is 4.79 Å². The molecule has 0 fully saturated rings. The van der Waals surface area contributed by atoms with Crippen LogP contribution >= 0.6 is 65.8 Å². The van der Waals surface area contributed by atoms with Gasteiger partial charge >= 0.3 is 5.97 Å². The zero-order chi connectivity index (χ0) is 14.9. The highest BCUT2D eigenvalue weighted by atomic mass is 127. The molecule has 1 heterocycles. The standard InChI is InChI=1S/C12H6Br2INO3S/c13-7-4-9(20-10(7)14)11(17)16-8-2-1-5(15)3-6(8)12(18)19/h1-4H,(H,16,17)(H,18,19). The summed E-state index contributed by atoms with van der Waals surface area (Å²) in [6, 6.07) is 6.51. The Kier molecular flexibility index (Phi) is 5.21. The summed E-state index contributed by atoms with van der Waals surface area (Å²) in [5, 5.41) is 11.8. The molecule has 0 bridgehead atoms. The minimum Gasteiger partial charge on any atom is -0.478 e. The van der Waals surface area contributed by atoms with Crippen LogP contribution in [0.5, 0.6) is 0 Å². The molecule has 20 heavy (non-hydrogen) atoms. The molecule has 2 N–H and O–H groups in total. The van der Waals surface area contributed by atoms with Crippen LogP contribution in [0, 0.1) is 3.57 Å². The van der Waals surface area contributed by atoms with Crippen molar-refractivity contribution in [3.8, 4) is 0 Å². The summed E-state index contributed by atoms with van der Waals surface area (Å²) in [7, 11) is 0. The number of halogens is 3. The number of carbonyl (C=O) groups excluding carboxylic acids is 1. The zero-order valence-corrected chi connectivity index (χ0v) is 15.8. The van der Waals surface area contributed by atoms with Crippen molar-refractivity contribution in [3.05, 3.63) is 46.5 Å². The SMILES string of the molecule is O=C(Nc1ccc(I)cc1C(=O)O)c1cc(Br)c(Br)s1. The average Bonchev–Trinajstić information content (AvgIpc) is 2.71. The second kappa shape index (κ2) is 6.54. The Bertz CT molecular complexity index is 683. The Morgan fingerprint density at radius 2 is 1.95 bits per heavy atom. The van der Waals surface area contributed by atoms with Crippen LogP contribution < -0.4 is 5.32 Å². The fraction of sp³-hybridized carbons (Fsp3) is 0. The van der Waals surface area contributed by atoms with Gasteiger partial charge in [0.15, 0.2) is 0 Å². The molecule has 0 aliphatic rings. The van der Waals surface area contributed by atoms with Gasteiger partial charge in [0.25, 0.3) is 5.91 Å². The molecule has 0 aliphatic heterocycles. The summed E-state index contributed by atoms with van der Waals surface area (Å²) < 4.78 is 2.39. The first-order valence-corrected chi connectivity index (χ1v) is 8.65. The number of amides is 1. The number of hydrogen-bond acceptors (Lipinski definition) is 3. The third-order valence-electron chi connectivity index (χ3n) is 2.33. The molecule has 0 radical (unpaired) electrons. The van der Waals surface area contributed by atoms with Gasteiger partial charge in [-0.05, 0) is 78.7 Å². The molecule has 0 atom stereocenters. The van der Waals surface area contributed by atoms with E-state index in [4.69, 9.17) is 5.11 Å². The third-order valence-corrected chi connectivity index (χ3v) is 6.26. The van der Waals surface area contributed by atoms with Gasteiger partial charge < -0.3 is 10.4 Å². The Labute approximate surface area is 149 Å². The quantitative estimate of drug-likeness (QED) is 0.559. The Morgan fingerprint density at radius 1 is 1.25 bits per heavy atom. The van der Waals surface area contributed by atoms with Gasteiger partial charge in [-0.15, -0.1) is 11.3 Å². The van der Waals surface area contributed by atoms with Gasteiger partial charge in [-0.3, -0.25) is 4.79 Å². The number of aromatic carboxylic acids is 1. The molecule has 0 aliphatic carbocycles. The highest BCUT2D eigenvalue weighted by molar-refractivity contribution is 14.1. The monoisotopic (exact) mass is 529 g/mol. The van der Waals surface area contributed by atoms with Crippen molar-refractivity contribution >= 4 is 83.4 Å². The zero-order valence-electron chi connectivity index (χ0n) is 9.62. The summed E-state index contributed by atoms with van der Waals surface area (Å²) >= 11 is 9.91. The van der Waals surface area contributed by atoms with Crippen LogP contribution in [-0.4, -0.2) is 17.0 Å². The summed E-state index contributed by atoms with van der Waals surface area (Å²) in [5.41, 5.74) is 0.350. The van der Waals surface area contributed by atoms with Crippen molar-refractivity contribution in [3.63, 3.8) is 0 Å². The van der Waals surface area contributed by atoms with E-state index in [-0.39, 0.29) is 17.2 Å². The average molecular weight is 531 g/mol. The Balaban J connectivity index is 2.30. The molecule has 104 valence electrons. The summed E-state index contributed by atoms with van der Waals surface area (Å²) in [6.07, 6.45) is 0. The van der Waals surface area contributed by atoms with E-state index < -0.39 is 5.97 Å². The van der Waals surface area contributed by atoms with E-state index in [1.807, 2.05) is 22.6 Å². The largest absolute Gasteiger partial charge is 0.478 e. The smallest absolute Gasteiger partial charge is 0.337 e. The molecule has 1 aromatic carbocycles. The number of carboxylic acid groups (broad SMARTS) is 1. The van der Waals surface area contributed by atoms with Crippen LogP contribution in [0.25, 0.3) is 0 Å². The number of benzene rings is 1. The lowest BCUT2D eigenvalue weighted by atomic mass is 10.2. The van der Waals surface area contributed by atoms with Crippen LogP contribution in [0.4, 0.5) is 5.69 Å². The summed E-state index contributed by atoms with van der Waals surface area (Å²) in [6.45, 7) is 0. The van der Waals surface area contributed by atoms with Crippen LogP contribution in [-0.2, 0) is 0 Å². The van der Waals surface area contributed by atoms with Crippen molar-refractivity contribution in [1.29, 1.82) is 0 Å². The van der Waals surface area contributed by atoms with Crippen LogP contribution in [0.2, 0.25) is 0 Å². The van der Waals surface area contributed by atoms with Crippen molar-refractivity contribution in [1.82, 2.24) is 0 Å². The van der Waals surface area contributed by atoms with E-state index in [1.165, 1.54) is 17.4 Å². The van der Waals surface area contributed by atoms with E-state index >= 15 is 0 Å². The predicted octanol–water partition coefficient (Wildman–Crippen LogP) is 4.83. The van der Waals surface area contributed by atoms with E-state index in [9.17, 15) is 9.59 Å². The first-order valence-electron chi connectivity index (χ1n) is 5.17. The molecule has 8 heteroatoms. The lowest BCUT2D eigenvalue weighted by Gasteiger charge is -2.07. The van der Waals surface area contributed by atoms with Gasteiger partial charge in [0.05, 0.1) is 19.9 Å². The third kappa shape index (κ3) is 3.60. The predicted molar refractivity (Wildman–Crippen MR) is 93.8 cm³/mol. The molecule has 0 saturated carbocycles. The lowest BCUT2D eigenvalue weighted by Crippen LogP contribution is -2.13. The minimum absolute atomic E-state index is 0.0694. The number of thiophene rings is 1. The normalized spacial score (nSPS) is 10.3.